The zero-order chi connectivity index (χ0) is 13.8. The summed E-state index contributed by atoms with van der Waals surface area (Å²) in [5, 5.41) is 2.37. The summed E-state index contributed by atoms with van der Waals surface area (Å²) in [6, 6.07) is 8.33. The molecule has 102 valence electrons. The van der Waals surface area contributed by atoms with Crippen molar-refractivity contribution in [1.82, 2.24) is 0 Å². The summed E-state index contributed by atoms with van der Waals surface area (Å²) < 4.78 is 11.5. The van der Waals surface area contributed by atoms with Crippen LogP contribution in [0.5, 0.6) is 0 Å². The molecule has 0 N–H and O–H groups in total. The van der Waals surface area contributed by atoms with Crippen LogP contribution in [-0.4, -0.2) is 7.11 Å². The van der Waals surface area contributed by atoms with Crippen LogP contribution in [0, 0.1) is 6.92 Å². The molecule has 0 spiro atoms. The highest BCUT2D eigenvalue weighted by Gasteiger charge is 2.16. The molecule has 0 aliphatic rings. The molecule has 1 heterocycles. The van der Waals surface area contributed by atoms with Crippen LogP contribution in [0.25, 0.3) is 16.3 Å². The highest BCUT2D eigenvalue weighted by molar-refractivity contribution is 5.93. The van der Waals surface area contributed by atoms with Crippen molar-refractivity contribution >= 4 is 16.3 Å². The van der Waals surface area contributed by atoms with Crippen molar-refractivity contribution in [2.45, 2.75) is 40.0 Å². The third-order valence-electron chi connectivity index (χ3n) is 3.59. The normalized spacial score (nSPS) is 12.6. The SMILES string of the molecule is CCCC/C(=C(/C)OC)c1oc(C)c2ccccc12. The van der Waals surface area contributed by atoms with E-state index in [0.717, 1.165) is 36.5 Å². The predicted molar refractivity (Wildman–Crippen MR) is 80.1 cm³/mol. The van der Waals surface area contributed by atoms with E-state index in [2.05, 4.69) is 25.1 Å². The quantitative estimate of drug-likeness (QED) is 0.678. The summed E-state index contributed by atoms with van der Waals surface area (Å²) in [7, 11) is 1.72. The van der Waals surface area contributed by atoms with E-state index in [1.807, 2.05) is 19.9 Å². The molecule has 2 heteroatoms. The molecule has 0 saturated carbocycles. The van der Waals surface area contributed by atoms with Crippen molar-refractivity contribution in [3.05, 3.63) is 41.5 Å². The Morgan fingerprint density at radius 1 is 1.21 bits per heavy atom. The molecule has 0 unspecified atom stereocenters. The van der Waals surface area contributed by atoms with Crippen LogP contribution < -0.4 is 0 Å². The molecule has 19 heavy (non-hydrogen) atoms. The number of allylic oxidation sites excluding steroid dienone is 2. The van der Waals surface area contributed by atoms with Crippen LogP contribution in [0.3, 0.4) is 0 Å². The Hall–Kier alpha value is -1.70. The van der Waals surface area contributed by atoms with Gasteiger partial charge in [-0.2, -0.15) is 0 Å². The first-order chi connectivity index (χ1) is 9.19. The van der Waals surface area contributed by atoms with Crippen LogP contribution in [0.2, 0.25) is 0 Å². The lowest BCUT2D eigenvalue weighted by Crippen LogP contribution is -1.91. The summed E-state index contributed by atoms with van der Waals surface area (Å²) >= 11 is 0. The first-order valence-electron chi connectivity index (χ1n) is 6.91. The van der Waals surface area contributed by atoms with E-state index >= 15 is 0 Å². The maximum absolute atomic E-state index is 6.01. The topological polar surface area (TPSA) is 22.4 Å². The van der Waals surface area contributed by atoms with Gasteiger partial charge in [0.15, 0.2) is 0 Å². The van der Waals surface area contributed by atoms with E-state index in [4.69, 9.17) is 9.15 Å². The smallest absolute Gasteiger partial charge is 0.141 e. The number of unbranched alkanes of at least 4 members (excludes halogenated alkanes) is 1. The average molecular weight is 258 g/mol. The van der Waals surface area contributed by atoms with Gasteiger partial charge in [0.1, 0.15) is 11.5 Å². The number of hydrogen-bond acceptors (Lipinski definition) is 2. The first kappa shape index (κ1) is 13.7. The van der Waals surface area contributed by atoms with Crippen molar-refractivity contribution in [3.8, 4) is 0 Å². The second kappa shape index (κ2) is 5.96. The Morgan fingerprint density at radius 2 is 1.89 bits per heavy atom. The minimum Gasteiger partial charge on any atom is -0.501 e. The molecule has 2 nitrogen and oxygen atoms in total. The lowest BCUT2D eigenvalue weighted by Gasteiger charge is -2.09. The highest BCUT2D eigenvalue weighted by Crippen LogP contribution is 2.34. The van der Waals surface area contributed by atoms with Gasteiger partial charge in [-0.05, 0) is 26.7 Å². The number of fused-ring (bicyclic) bond motifs is 1. The van der Waals surface area contributed by atoms with Gasteiger partial charge < -0.3 is 9.15 Å². The van der Waals surface area contributed by atoms with Gasteiger partial charge in [-0.25, -0.2) is 0 Å². The van der Waals surface area contributed by atoms with Crippen LogP contribution in [-0.2, 0) is 4.74 Å². The van der Waals surface area contributed by atoms with E-state index in [1.165, 1.54) is 16.3 Å². The second-order valence-corrected chi connectivity index (χ2v) is 4.88. The van der Waals surface area contributed by atoms with Gasteiger partial charge in [0.25, 0.3) is 0 Å². The molecular weight excluding hydrogens is 236 g/mol. The molecule has 0 aliphatic heterocycles. The molecule has 0 amide bonds. The van der Waals surface area contributed by atoms with E-state index in [0.29, 0.717) is 0 Å². The van der Waals surface area contributed by atoms with Gasteiger partial charge in [-0.15, -0.1) is 0 Å². The summed E-state index contributed by atoms with van der Waals surface area (Å²) in [5.74, 6) is 2.90. The number of rotatable bonds is 5. The standard InChI is InChI=1S/C17H22O2/c1-5-6-9-15(12(2)18-4)17-16-11-8-7-10-14(16)13(3)19-17/h7-8,10-11H,5-6,9H2,1-4H3/b15-12+. The van der Waals surface area contributed by atoms with E-state index in [1.54, 1.807) is 7.11 Å². The average Bonchev–Trinajstić information content (AvgIpc) is 2.77. The Morgan fingerprint density at radius 3 is 2.53 bits per heavy atom. The molecule has 2 rings (SSSR count). The fourth-order valence-corrected chi connectivity index (χ4v) is 2.40. The number of aryl methyl sites for hydroxylation is 1. The summed E-state index contributed by atoms with van der Waals surface area (Å²) in [6.07, 6.45) is 3.30. The fraction of sp³-hybridized carbons (Fsp3) is 0.412. The molecule has 0 bridgehead atoms. The predicted octanol–water partition coefficient (Wildman–Crippen LogP) is 5.31. The highest BCUT2D eigenvalue weighted by atomic mass is 16.5. The van der Waals surface area contributed by atoms with E-state index in [-0.39, 0.29) is 0 Å². The van der Waals surface area contributed by atoms with Gasteiger partial charge in [0, 0.05) is 16.3 Å². The molecule has 1 aromatic heterocycles. The van der Waals surface area contributed by atoms with Crippen molar-refractivity contribution in [1.29, 1.82) is 0 Å². The Labute approximate surface area is 115 Å². The maximum atomic E-state index is 6.01. The molecule has 1 aromatic carbocycles. The molecule has 0 saturated heterocycles. The van der Waals surface area contributed by atoms with Gasteiger partial charge in [-0.3, -0.25) is 0 Å². The second-order valence-electron chi connectivity index (χ2n) is 4.88. The van der Waals surface area contributed by atoms with E-state index < -0.39 is 0 Å². The minimum atomic E-state index is 0.952. The number of benzene rings is 1. The van der Waals surface area contributed by atoms with Crippen molar-refractivity contribution < 1.29 is 9.15 Å². The van der Waals surface area contributed by atoms with Crippen LogP contribution >= 0.6 is 0 Å². The van der Waals surface area contributed by atoms with E-state index in [9.17, 15) is 0 Å². The molecule has 0 radical (unpaired) electrons. The minimum absolute atomic E-state index is 0.952. The Balaban J connectivity index is 2.57. The zero-order valence-electron chi connectivity index (χ0n) is 12.2. The number of hydrogen-bond donors (Lipinski definition) is 0. The number of furan rings is 1. The van der Waals surface area contributed by atoms with Crippen LogP contribution in [0.1, 0.15) is 44.6 Å². The molecule has 0 atom stereocenters. The zero-order valence-corrected chi connectivity index (χ0v) is 12.2. The molecule has 0 fully saturated rings. The van der Waals surface area contributed by atoms with Crippen molar-refractivity contribution in [2.75, 3.05) is 7.11 Å². The van der Waals surface area contributed by atoms with Gasteiger partial charge in [0.05, 0.1) is 12.9 Å². The third-order valence-corrected chi connectivity index (χ3v) is 3.59. The number of ether oxygens (including phenoxy) is 1. The van der Waals surface area contributed by atoms with Crippen LogP contribution in [0.15, 0.2) is 34.4 Å². The maximum Gasteiger partial charge on any atom is 0.141 e. The number of methoxy groups -OCH3 is 1. The molecule has 2 aromatic rings. The Bertz CT molecular complexity index is 590. The first-order valence-corrected chi connectivity index (χ1v) is 6.91. The van der Waals surface area contributed by atoms with Gasteiger partial charge in [0.2, 0.25) is 0 Å². The Kier molecular flexibility index (Phi) is 4.31. The third kappa shape index (κ3) is 2.67. The molecular formula is C17H22O2. The largest absolute Gasteiger partial charge is 0.501 e. The van der Waals surface area contributed by atoms with Gasteiger partial charge in [-0.1, -0.05) is 37.6 Å². The van der Waals surface area contributed by atoms with Crippen LogP contribution in [0.4, 0.5) is 0 Å². The van der Waals surface area contributed by atoms with Crippen molar-refractivity contribution in [2.24, 2.45) is 0 Å². The summed E-state index contributed by atoms with van der Waals surface area (Å²) in [4.78, 5) is 0. The monoisotopic (exact) mass is 258 g/mol. The fourth-order valence-electron chi connectivity index (χ4n) is 2.40. The molecule has 0 aliphatic carbocycles. The summed E-state index contributed by atoms with van der Waals surface area (Å²) in [5.41, 5.74) is 1.19. The summed E-state index contributed by atoms with van der Waals surface area (Å²) in [6.45, 7) is 6.23. The lowest BCUT2D eigenvalue weighted by molar-refractivity contribution is 0.293. The van der Waals surface area contributed by atoms with Gasteiger partial charge >= 0.3 is 0 Å². The lowest BCUT2D eigenvalue weighted by atomic mass is 10.0. The van der Waals surface area contributed by atoms with Crippen molar-refractivity contribution in [3.63, 3.8) is 0 Å².